The van der Waals surface area contributed by atoms with E-state index >= 15 is 0 Å². The van der Waals surface area contributed by atoms with Crippen molar-refractivity contribution in [3.05, 3.63) is 71.8 Å². The van der Waals surface area contributed by atoms with Gasteiger partial charge in [-0.1, -0.05) is 48.5 Å². The summed E-state index contributed by atoms with van der Waals surface area (Å²) < 4.78 is 0. The molecule has 2 aromatic carbocycles. The zero-order valence-corrected chi connectivity index (χ0v) is 12.9. The number of carbonyl (C=O) groups is 1. The number of rotatable bonds is 6. The SMILES string of the molecule is CNCCC(NC(=O)c1ccccc1)c1ccccc1.Cl. The maximum absolute atomic E-state index is 12.3. The molecule has 112 valence electrons. The summed E-state index contributed by atoms with van der Waals surface area (Å²) >= 11 is 0. The topological polar surface area (TPSA) is 41.1 Å². The van der Waals surface area contributed by atoms with Crippen LogP contribution in [0.4, 0.5) is 0 Å². The Hall–Kier alpha value is -1.84. The molecule has 0 aliphatic heterocycles. The molecule has 0 spiro atoms. The molecule has 1 atom stereocenters. The third-order valence-corrected chi connectivity index (χ3v) is 3.23. The van der Waals surface area contributed by atoms with Crippen LogP contribution in [0.15, 0.2) is 60.7 Å². The summed E-state index contributed by atoms with van der Waals surface area (Å²) in [4.78, 5) is 12.3. The summed E-state index contributed by atoms with van der Waals surface area (Å²) in [6, 6.07) is 19.4. The molecule has 0 aliphatic carbocycles. The highest BCUT2D eigenvalue weighted by Gasteiger charge is 2.14. The summed E-state index contributed by atoms with van der Waals surface area (Å²) in [5.41, 5.74) is 1.82. The molecule has 2 aromatic rings. The molecule has 4 heteroatoms. The zero-order valence-electron chi connectivity index (χ0n) is 12.1. The molecule has 0 bridgehead atoms. The fraction of sp³-hybridized carbons (Fsp3) is 0.235. The van der Waals surface area contributed by atoms with Gasteiger partial charge in [-0.15, -0.1) is 12.4 Å². The number of hydrogen-bond acceptors (Lipinski definition) is 2. The first-order valence-corrected chi connectivity index (χ1v) is 6.86. The molecule has 0 heterocycles. The number of amides is 1. The van der Waals surface area contributed by atoms with Crippen LogP contribution in [0.25, 0.3) is 0 Å². The number of hydrogen-bond donors (Lipinski definition) is 2. The van der Waals surface area contributed by atoms with Crippen molar-refractivity contribution < 1.29 is 4.79 Å². The summed E-state index contributed by atoms with van der Waals surface area (Å²) in [5, 5.41) is 6.24. The first-order valence-electron chi connectivity index (χ1n) is 6.86. The first-order chi connectivity index (χ1) is 9.81. The normalized spacial score (nSPS) is 11.3. The van der Waals surface area contributed by atoms with E-state index in [1.807, 2.05) is 67.7 Å². The summed E-state index contributed by atoms with van der Waals surface area (Å²) in [6.07, 6.45) is 0.860. The van der Waals surface area contributed by atoms with Crippen molar-refractivity contribution in [1.29, 1.82) is 0 Å². The number of nitrogens with one attached hydrogen (secondary N) is 2. The fourth-order valence-corrected chi connectivity index (χ4v) is 2.13. The lowest BCUT2D eigenvalue weighted by atomic mass is 10.0. The minimum atomic E-state index is -0.0319. The van der Waals surface area contributed by atoms with Crippen molar-refractivity contribution in [3.8, 4) is 0 Å². The van der Waals surface area contributed by atoms with Crippen LogP contribution in [-0.4, -0.2) is 19.5 Å². The Bertz CT molecular complexity index is 531. The van der Waals surface area contributed by atoms with Gasteiger partial charge < -0.3 is 10.6 Å². The highest BCUT2D eigenvalue weighted by molar-refractivity contribution is 5.94. The van der Waals surface area contributed by atoms with E-state index in [0.717, 1.165) is 18.5 Å². The van der Waals surface area contributed by atoms with Crippen molar-refractivity contribution in [3.63, 3.8) is 0 Å². The van der Waals surface area contributed by atoms with Gasteiger partial charge in [-0.25, -0.2) is 0 Å². The van der Waals surface area contributed by atoms with E-state index in [1.165, 1.54) is 0 Å². The number of halogens is 1. The van der Waals surface area contributed by atoms with Gasteiger partial charge in [-0.3, -0.25) is 4.79 Å². The van der Waals surface area contributed by atoms with Gasteiger partial charge in [0.15, 0.2) is 0 Å². The van der Waals surface area contributed by atoms with E-state index in [9.17, 15) is 4.79 Å². The number of benzene rings is 2. The summed E-state index contributed by atoms with van der Waals surface area (Å²) in [5.74, 6) is -0.0319. The van der Waals surface area contributed by atoms with E-state index in [2.05, 4.69) is 10.6 Å². The van der Waals surface area contributed by atoms with Crippen LogP contribution >= 0.6 is 12.4 Å². The minimum absolute atomic E-state index is 0. The standard InChI is InChI=1S/C17H20N2O.ClH/c1-18-13-12-16(14-8-4-2-5-9-14)19-17(20)15-10-6-3-7-11-15;/h2-11,16,18H,12-13H2,1H3,(H,19,20);1H. The van der Waals surface area contributed by atoms with Crippen LogP contribution in [0.1, 0.15) is 28.4 Å². The van der Waals surface area contributed by atoms with Gasteiger partial charge in [0.2, 0.25) is 0 Å². The summed E-state index contributed by atoms with van der Waals surface area (Å²) in [6.45, 7) is 0.856. The third-order valence-electron chi connectivity index (χ3n) is 3.23. The molecule has 0 fully saturated rings. The Balaban J connectivity index is 0.00000220. The van der Waals surface area contributed by atoms with Crippen LogP contribution in [0.2, 0.25) is 0 Å². The van der Waals surface area contributed by atoms with Gasteiger partial charge in [0.05, 0.1) is 6.04 Å². The Morgan fingerprint density at radius 2 is 1.57 bits per heavy atom. The average Bonchev–Trinajstić information content (AvgIpc) is 2.53. The Morgan fingerprint density at radius 1 is 1.00 bits per heavy atom. The van der Waals surface area contributed by atoms with Gasteiger partial charge in [0, 0.05) is 5.56 Å². The van der Waals surface area contributed by atoms with E-state index in [0.29, 0.717) is 5.56 Å². The minimum Gasteiger partial charge on any atom is -0.345 e. The maximum Gasteiger partial charge on any atom is 0.251 e. The third kappa shape index (κ3) is 5.21. The van der Waals surface area contributed by atoms with Gasteiger partial charge in [-0.2, -0.15) is 0 Å². The predicted octanol–water partition coefficient (Wildman–Crippen LogP) is 3.19. The molecule has 3 nitrogen and oxygen atoms in total. The molecular formula is C17H21ClN2O. The van der Waals surface area contributed by atoms with Crippen LogP contribution < -0.4 is 10.6 Å². The van der Waals surface area contributed by atoms with Crippen molar-refractivity contribution >= 4 is 18.3 Å². The molecule has 1 amide bonds. The van der Waals surface area contributed by atoms with Gasteiger partial charge >= 0.3 is 0 Å². The molecule has 0 saturated carbocycles. The van der Waals surface area contributed by atoms with Crippen LogP contribution in [0.5, 0.6) is 0 Å². The Labute approximate surface area is 132 Å². The average molecular weight is 305 g/mol. The van der Waals surface area contributed by atoms with Gasteiger partial charge in [0.1, 0.15) is 0 Å². The van der Waals surface area contributed by atoms with E-state index in [1.54, 1.807) is 0 Å². The fourth-order valence-electron chi connectivity index (χ4n) is 2.13. The molecule has 1 unspecified atom stereocenters. The Morgan fingerprint density at radius 3 is 2.14 bits per heavy atom. The van der Waals surface area contributed by atoms with Crippen LogP contribution in [0.3, 0.4) is 0 Å². The van der Waals surface area contributed by atoms with Gasteiger partial charge in [-0.05, 0) is 37.7 Å². The number of carbonyl (C=O) groups excluding carboxylic acids is 1. The lowest BCUT2D eigenvalue weighted by molar-refractivity contribution is 0.0934. The van der Waals surface area contributed by atoms with Crippen molar-refractivity contribution in [1.82, 2.24) is 10.6 Å². The first kappa shape index (κ1) is 17.2. The molecular weight excluding hydrogens is 284 g/mol. The molecule has 0 aromatic heterocycles. The van der Waals surface area contributed by atoms with Gasteiger partial charge in [0.25, 0.3) is 5.91 Å². The zero-order chi connectivity index (χ0) is 14.2. The second-order valence-electron chi connectivity index (χ2n) is 4.69. The lowest BCUT2D eigenvalue weighted by Gasteiger charge is -2.19. The second kappa shape index (κ2) is 9.16. The molecule has 2 N–H and O–H groups in total. The molecule has 21 heavy (non-hydrogen) atoms. The largest absolute Gasteiger partial charge is 0.345 e. The van der Waals surface area contributed by atoms with E-state index in [-0.39, 0.29) is 24.4 Å². The maximum atomic E-state index is 12.3. The molecule has 2 rings (SSSR count). The highest BCUT2D eigenvalue weighted by Crippen LogP contribution is 2.16. The lowest BCUT2D eigenvalue weighted by Crippen LogP contribution is -2.30. The molecule has 0 saturated heterocycles. The smallest absolute Gasteiger partial charge is 0.251 e. The second-order valence-corrected chi connectivity index (χ2v) is 4.69. The predicted molar refractivity (Wildman–Crippen MR) is 88.9 cm³/mol. The van der Waals surface area contributed by atoms with E-state index < -0.39 is 0 Å². The van der Waals surface area contributed by atoms with Crippen molar-refractivity contribution in [2.75, 3.05) is 13.6 Å². The molecule has 0 aliphatic rings. The van der Waals surface area contributed by atoms with Crippen LogP contribution in [0, 0.1) is 0 Å². The summed E-state index contributed by atoms with van der Waals surface area (Å²) in [7, 11) is 1.92. The monoisotopic (exact) mass is 304 g/mol. The quantitative estimate of drug-likeness (QED) is 0.860. The van der Waals surface area contributed by atoms with Crippen molar-refractivity contribution in [2.45, 2.75) is 12.5 Å². The van der Waals surface area contributed by atoms with E-state index in [4.69, 9.17) is 0 Å². The van der Waals surface area contributed by atoms with Crippen molar-refractivity contribution in [2.24, 2.45) is 0 Å². The molecule has 0 radical (unpaired) electrons. The highest BCUT2D eigenvalue weighted by atomic mass is 35.5. The Kier molecular flexibility index (Phi) is 7.51. The van der Waals surface area contributed by atoms with Crippen LogP contribution in [-0.2, 0) is 0 Å².